The minimum atomic E-state index is 0.509. The summed E-state index contributed by atoms with van der Waals surface area (Å²) in [5, 5.41) is 3.21. The molecule has 1 atom stereocenters. The normalized spacial score (nSPS) is 12.9. The van der Waals surface area contributed by atoms with E-state index in [1.54, 1.807) is 22.7 Å². The lowest BCUT2D eigenvalue weighted by Crippen LogP contribution is -2.04. The number of halogens is 1. The topological polar surface area (TPSA) is 38.9 Å². The number of thiazole rings is 1. The van der Waals surface area contributed by atoms with E-state index in [0.717, 1.165) is 28.1 Å². The molecule has 2 heterocycles. The van der Waals surface area contributed by atoms with Gasteiger partial charge in [0.15, 0.2) is 0 Å². The molecule has 2 aromatic heterocycles. The van der Waals surface area contributed by atoms with Gasteiger partial charge in [-0.3, -0.25) is 0 Å². The van der Waals surface area contributed by atoms with Crippen molar-refractivity contribution in [1.29, 1.82) is 0 Å². The van der Waals surface area contributed by atoms with Crippen molar-refractivity contribution in [2.24, 2.45) is 5.73 Å². The van der Waals surface area contributed by atoms with Crippen molar-refractivity contribution < 1.29 is 0 Å². The first-order valence-corrected chi connectivity index (χ1v) is 8.02. The first-order chi connectivity index (χ1) is 8.11. The van der Waals surface area contributed by atoms with Gasteiger partial charge in [0.05, 0.1) is 10.6 Å². The molecule has 1 unspecified atom stereocenters. The molecule has 0 aromatic carbocycles. The third kappa shape index (κ3) is 2.96. The van der Waals surface area contributed by atoms with Gasteiger partial charge in [-0.2, -0.15) is 0 Å². The van der Waals surface area contributed by atoms with Gasteiger partial charge in [0.2, 0.25) is 0 Å². The average molecular weight is 331 g/mol. The number of nitrogens with two attached hydrogens (primary N) is 1. The molecule has 2 nitrogen and oxygen atoms in total. The van der Waals surface area contributed by atoms with Crippen LogP contribution in [0.2, 0.25) is 0 Å². The largest absolute Gasteiger partial charge is 0.330 e. The Balaban J connectivity index is 2.30. The Labute approximate surface area is 118 Å². The summed E-state index contributed by atoms with van der Waals surface area (Å²) in [6.07, 6.45) is 1.02. The number of thiophene rings is 1. The molecule has 0 amide bonds. The smallest absolute Gasteiger partial charge is 0.133 e. The van der Waals surface area contributed by atoms with Crippen molar-refractivity contribution in [3.8, 4) is 9.88 Å². The maximum absolute atomic E-state index is 5.62. The molecule has 2 aromatic rings. The summed E-state index contributed by atoms with van der Waals surface area (Å²) in [6.45, 7) is 5.05. The van der Waals surface area contributed by atoms with E-state index < -0.39 is 0 Å². The van der Waals surface area contributed by atoms with E-state index in [0.29, 0.717) is 5.92 Å². The summed E-state index contributed by atoms with van der Waals surface area (Å²) in [5.74, 6) is 0.509. The van der Waals surface area contributed by atoms with Crippen LogP contribution in [0.4, 0.5) is 0 Å². The van der Waals surface area contributed by atoms with Gasteiger partial charge in [0.25, 0.3) is 0 Å². The SMILES string of the molecule is Cc1nc(-c2cc(Br)cs2)sc1C(C)CCN. The minimum absolute atomic E-state index is 0.509. The fraction of sp³-hybridized carbons (Fsp3) is 0.417. The zero-order valence-corrected chi connectivity index (χ0v) is 13.1. The van der Waals surface area contributed by atoms with Crippen LogP contribution >= 0.6 is 38.6 Å². The molecule has 0 aliphatic heterocycles. The fourth-order valence-electron chi connectivity index (χ4n) is 1.78. The predicted octanol–water partition coefficient (Wildman–Crippen LogP) is 4.39. The van der Waals surface area contributed by atoms with Crippen LogP contribution in [-0.4, -0.2) is 11.5 Å². The highest BCUT2D eigenvalue weighted by Gasteiger charge is 2.15. The molecule has 92 valence electrons. The summed E-state index contributed by atoms with van der Waals surface area (Å²) >= 11 is 7.00. The third-order valence-corrected chi connectivity index (χ3v) is 5.91. The molecule has 0 saturated heterocycles. The van der Waals surface area contributed by atoms with Crippen LogP contribution in [0.3, 0.4) is 0 Å². The first-order valence-electron chi connectivity index (χ1n) is 5.53. The number of hydrogen-bond donors (Lipinski definition) is 1. The molecule has 0 radical (unpaired) electrons. The van der Waals surface area contributed by atoms with Gasteiger partial charge in [-0.05, 0) is 47.8 Å². The molecule has 5 heteroatoms. The molecule has 0 spiro atoms. The minimum Gasteiger partial charge on any atom is -0.330 e. The summed E-state index contributed by atoms with van der Waals surface area (Å²) in [4.78, 5) is 7.27. The number of rotatable bonds is 4. The Morgan fingerprint density at radius 2 is 2.29 bits per heavy atom. The molecule has 0 bridgehead atoms. The van der Waals surface area contributed by atoms with Gasteiger partial charge < -0.3 is 5.73 Å². The van der Waals surface area contributed by atoms with Crippen LogP contribution in [0, 0.1) is 6.92 Å². The quantitative estimate of drug-likeness (QED) is 0.902. The fourth-order valence-corrected chi connectivity index (χ4v) is 4.42. The lowest BCUT2D eigenvalue weighted by atomic mass is 10.1. The van der Waals surface area contributed by atoms with E-state index in [4.69, 9.17) is 5.73 Å². The lowest BCUT2D eigenvalue weighted by molar-refractivity contribution is 0.696. The average Bonchev–Trinajstić information content (AvgIpc) is 2.85. The van der Waals surface area contributed by atoms with E-state index in [1.165, 1.54) is 9.75 Å². The van der Waals surface area contributed by atoms with Crippen molar-refractivity contribution in [3.05, 3.63) is 26.5 Å². The van der Waals surface area contributed by atoms with Crippen LogP contribution in [0.1, 0.15) is 29.8 Å². The van der Waals surface area contributed by atoms with Crippen molar-refractivity contribution in [1.82, 2.24) is 4.98 Å². The summed E-state index contributed by atoms with van der Waals surface area (Å²) in [7, 11) is 0. The molecule has 17 heavy (non-hydrogen) atoms. The van der Waals surface area contributed by atoms with Crippen molar-refractivity contribution in [2.75, 3.05) is 6.54 Å². The van der Waals surface area contributed by atoms with Crippen molar-refractivity contribution in [3.63, 3.8) is 0 Å². The highest BCUT2D eigenvalue weighted by Crippen LogP contribution is 2.37. The first kappa shape index (κ1) is 13.2. The van der Waals surface area contributed by atoms with E-state index in [2.05, 4.69) is 46.2 Å². The van der Waals surface area contributed by atoms with Gasteiger partial charge in [-0.15, -0.1) is 22.7 Å². The molecule has 0 saturated carbocycles. The van der Waals surface area contributed by atoms with Gasteiger partial charge in [-0.1, -0.05) is 6.92 Å². The van der Waals surface area contributed by atoms with Crippen LogP contribution in [0.5, 0.6) is 0 Å². The molecule has 0 aliphatic carbocycles. The Morgan fingerprint density at radius 1 is 1.53 bits per heavy atom. The van der Waals surface area contributed by atoms with E-state index in [-0.39, 0.29) is 0 Å². The number of nitrogens with zero attached hydrogens (tertiary/aromatic N) is 1. The second kappa shape index (κ2) is 5.61. The lowest BCUT2D eigenvalue weighted by Gasteiger charge is -2.07. The van der Waals surface area contributed by atoms with Crippen LogP contribution in [-0.2, 0) is 0 Å². The van der Waals surface area contributed by atoms with Gasteiger partial charge in [0.1, 0.15) is 5.01 Å². The van der Waals surface area contributed by atoms with Gasteiger partial charge >= 0.3 is 0 Å². The molecule has 0 aliphatic rings. The van der Waals surface area contributed by atoms with Crippen molar-refractivity contribution >= 4 is 38.6 Å². The second-order valence-electron chi connectivity index (χ2n) is 4.08. The zero-order chi connectivity index (χ0) is 12.4. The molecule has 2 rings (SSSR count). The molecular formula is C12H15BrN2S2. The Kier molecular flexibility index (Phi) is 4.36. The van der Waals surface area contributed by atoms with Crippen LogP contribution < -0.4 is 5.73 Å². The predicted molar refractivity (Wildman–Crippen MR) is 80.0 cm³/mol. The molecular weight excluding hydrogens is 316 g/mol. The Morgan fingerprint density at radius 3 is 2.88 bits per heavy atom. The maximum Gasteiger partial charge on any atom is 0.133 e. The highest BCUT2D eigenvalue weighted by molar-refractivity contribution is 9.10. The third-order valence-electron chi connectivity index (χ3n) is 2.66. The van der Waals surface area contributed by atoms with Gasteiger partial charge in [-0.25, -0.2) is 4.98 Å². The van der Waals surface area contributed by atoms with Crippen molar-refractivity contribution in [2.45, 2.75) is 26.2 Å². The van der Waals surface area contributed by atoms with Crippen LogP contribution in [0.15, 0.2) is 15.9 Å². The Hall–Kier alpha value is -0.230. The van der Waals surface area contributed by atoms with E-state index >= 15 is 0 Å². The molecule has 0 fully saturated rings. The van der Waals surface area contributed by atoms with Gasteiger partial charge in [0, 0.05) is 14.7 Å². The monoisotopic (exact) mass is 330 g/mol. The summed E-state index contributed by atoms with van der Waals surface area (Å²) < 4.78 is 1.13. The zero-order valence-electron chi connectivity index (χ0n) is 9.87. The van der Waals surface area contributed by atoms with E-state index in [9.17, 15) is 0 Å². The Bertz CT molecular complexity index is 504. The number of aromatic nitrogens is 1. The summed E-state index contributed by atoms with van der Waals surface area (Å²) in [6, 6.07) is 2.13. The maximum atomic E-state index is 5.62. The number of hydrogen-bond acceptors (Lipinski definition) is 4. The molecule has 2 N–H and O–H groups in total. The summed E-state index contributed by atoms with van der Waals surface area (Å²) in [5.41, 5.74) is 6.77. The van der Waals surface area contributed by atoms with Crippen LogP contribution in [0.25, 0.3) is 9.88 Å². The second-order valence-corrected chi connectivity index (χ2v) is 6.93. The standard InChI is InChI=1S/C12H15BrN2S2/c1-7(3-4-14)11-8(2)15-12(17-11)10-5-9(13)6-16-10/h5-7H,3-4,14H2,1-2H3. The highest BCUT2D eigenvalue weighted by atomic mass is 79.9. The number of aryl methyl sites for hydroxylation is 1. The van der Waals surface area contributed by atoms with E-state index in [1.807, 2.05) is 0 Å².